The normalized spacial score (nSPS) is 10.5. The number of aryl methyl sites for hydroxylation is 1. The van der Waals surface area contributed by atoms with Gasteiger partial charge in [-0.05, 0) is 48.7 Å². The lowest BCUT2D eigenvalue weighted by Gasteiger charge is -2.11. The first-order chi connectivity index (χ1) is 14.6. The van der Waals surface area contributed by atoms with Gasteiger partial charge in [-0.1, -0.05) is 67.8 Å². The van der Waals surface area contributed by atoms with Crippen molar-refractivity contribution in [1.82, 2.24) is 0 Å². The van der Waals surface area contributed by atoms with Crippen molar-refractivity contribution in [3.05, 3.63) is 94.5 Å². The van der Waals surface area contributed by atoms with Crippen molar-refractivity contribution in [1.29, 1.82) is 0 Å². The van der Waals surface area contributed by atoms with E-state index in [0.717, 1.165) is 31.2 Å². The molecule has 3 aromatic carbocycles. The first-order valence-corrected chi connectivity index (χ1v) is 10.3. The van der Waals surface area contributed by atoms with Gasteiger partial charge < -0.3 is 9.47 Å². The second-order valence-corrected chi connectivity index (χ2v) is 7.26. The Hall–Kier alpha value is -3.11. The fourth-order valence-electron chi connectivity index (χ4n) is 3.04. The molecule has 0 aromatic heterocycles. The summed E-state index contributed by atoms with van der Waals surface area (Å²) in [5, 5.41) is 0.150. The Kier molecular flexibility index (Phi) is 7.63. The Balaban J connectivity index is 1.70. The van der Waals surface area contributed by atoms with E-state index in [9.17, 15) is 9.59 Å². The van der Waals surface area contributed by atoms with E-state index in [4.69, 9.17) is 21.1 Å². The van der Waals surface area contributed by atoms with Crippen LogP contribution in [0.15, 0.2) is 72.8 Å². The lowest BCUT2D eigenvalue weighted by atomic mass is 10.0. The quantitative estimate of drug-likeness (QED) is 0.236. The second kappa shape index (κ2) is 10.6. The second-order valence-electron chi connectivity index (χ2n) is 6.85. The number of hydrogen-bond acceptors (Lipinski definition) is 4. The molecule has 154 valence electrons. The molecule has 30 heavy (non-hydrogen) atoms. The molecule has 0 radical (unpaired) electrons. The number of unbranched alkanes of at least 4 members (excludes halogenated alkanes) is 2. The van der Waals surface area contributed by atoms with Crippen molar-refractivity contribution in [2.45, 2.75) is 32.6 Å². The third kappa shape index (κ3) is 5.71. The smallest absolute Gasteiger partial charge is 0.345 e. The average Bonchev–Trinajstić information content (AvgIpc) is 2.75. The first kappa shape index (κ1) is 21.6. The molecule has 0 saturated heterocycles. The van der Waals surface area contributed by atoms with Crippen LogP contribution in [0.3, 0.4) is 0 Å². The van der Waals surface area contributed by atoms with E-state index < -0.39 is 11.9 Å². The summed E-state index contributed by atoms with van der Waals surface area (Å²) in [6.45, 7) is 2.14. The van der Waals surface area contributed by atoms with Crippen LogP contribution in [0.25, 0.3) is 0 Å². The van der Waals surface area contributed by atoms with E-state index in [1.165, 1.54) is 18.2 Å². The van der Waals surface area contributed by atoms with Gasteiger partial charge in [-0.25, -0.2) is 9.59 Å². The molecule has 0 heterocycles. The predicted octanol–water partition coefficient (Wildman–Crippen LogP) is 6.51. The van der Waals surface area contributed by atoms with Crippen molar-refractivity contribution >= 4 is 23.5 Å². The molecule has 0 bridgehead atoms. The number of hydrogen-bond donors (Lipinski definition) is 0. The zero-order valence-corrected chi connectivity index (χ0v) is 17.5. The summed E-state index contributed by atoms with van der Waals surface area (Å²) in [5.74, 6) is -0.332. The highest BCUT2D eigenvalue weighted by molar-refractivity contribution is 6.33. The van der Waals surface area contributed by atoms with Crippen molar-refractivity contribution in [2.75, 3.05) is 0 Å². The van der Waals surface area contributed by atoms with Crippen molar-refractivity contribution in [3.8, 4) is 11.5 Å². The van der Waals surface area contributed by atoms with Crippen molar-refractivity contribution in [2.24, 2.45) is 0 Å². The van der Waals surface area contributed by atoms with Crippen LogP contribution in [-0.2, 0) is 6.42 Å². The minimum absolute atomic E-state index is 0.150. The predicted molar refractivity (Wildman–Crippen MR) is 117 cm³/mol. The summed E-state index contributed by atoms with van der Waals surface area (Å²) >= 11 is 6.24. The highest BCUT2D eigenvalue weighted by Gasteiger charge is 2.17. The monoisotopic (exact) mass is 422 g/mol. The SMILES string of the molecule is CCCCCc1ccccc1C(=O)Oc1ccc(C(=O)Oc2ccccc2)c(Cl)c1. The summed E-state index contributed by atoms with van der Waals surface area (Å²) in [6, 6.07) is 20.6. The number of carbonyl (C=O) groups is 2. The van der Waals surface area contributed by atoms with Gasteiger partial charge in [0.05, 0.1) is 16.1 Å². The third-order valence-corrected chi connectivity index (χ3v) is 4.92. The van der Waals surface area contributed by atoms with Gasteiger partial charge in [-0.3, -0.25) is 0 Å². The summed E-state index contributed by atoms with van der Waals surface area (Å²) in [4.78, 5) is 25.0. The maximum Gasteiger partial charge on any atom is 0.345 e. The van der Waals surface area contributed by atoms with Gasteiger partial charge in [0.25, 0.3) is 0 Å². The van der Waals surface area contributed by atoms with Crippen LogP contribution in [0.5, 0.6) is 11.5 Å². The standard InChI is InChI=1S/C25H23ClO4/c1-2-3-5-10-18-11-8-9-14-21(18)24(27)30-20-15-16-22(23(26)17-20)25(28)29-19-12-6-4-7-13-19/h4,6-9,11-17H,2-3,5,10H2,1H3. The Morgan fingerprint density at radius 3 is 2.17 bits per heavy atom. The molecular weight excluding hydrogens is 400 g/mol. The van der Waals surface area contributed by atoms with Crippen LogP contribution < -0.4 is 9.47 Å². The Labute approximate surface area is 181 Å². The van der Waals surface area contributed by atoms with E-state index in [-0.39, 0.29) is 16.3 Å². The molecule has 0 atom stereocenters. The Bertz CT molecular complexity index is 1010. The molecule has 3 aromatic rings. The van der Waals surface area contributed by atoms with Crippen molar-refractivity contribution in [3.63, 3.8) is 0 Å². The minimum atomic E-state index is -0.578. The van der Waals surface area contributed by atoms with Gasteiger partial charge in [0, 0.05) is 6.07 Å². The van der Waals surface area contributed by atoms with Gasteiger partial charge in [0.15, 0.2) is 0 Å². The van der Waals surface area contributed by atoms with E-state index in [0.29, 0.717) is 11.3 Å². The van der Waals surface area contributed by atoms with Gasteiger partial charge in [-0.2, -0.15) is 0 Å². The summed E-state index contributed by atoms with van der Waals surface area (Å²) in [6.07, 6.45) is 4.07. The van der Waals surface area contributed by atoms with Crippen LogP contribution in [0.2, 0.25) is 5.02 Å². The Morgan fingerprint density at radius 1 is 0.767 bits per heavy atom. The van der Waals surface area contributed by atoms with Crippen LogP contribution in [0.4, 0.5) is 0 Å². The lowest BCUT2D eigenvalue weighted by Crippen LogP contribution is -2.12. The molecule has 0 aliphatic rings. The molecule has 0 unspecified atom stereocenters. The number of ether oxygens (including phenoxy) is 2. The zero-order valence-electron chi connectivity index (χ0n) is 16.8. The maximum atomic E-state index is 12.7. The number of rotatable bonds is 8. The molecule has 0 N–H and O–H groups in total. The number of esters is 2. The topological polar surface area (TPSA) is 52.6 Å². The van der Waals surface area contributed by atoms with E-state index in [1.54, 1.807) is 30.3 Å². The molecule has 0 fully saturated rings. The highest BCUT2D eigenvalue weighted by atomic mass is 35.5. The number of carbonyl (C=O) groups excluding carboxylic acids is 2. The van der Waals surface area contributed by atoms with Crippen molar-refractivity contribution < 1.29 is 19.1 Å². The lowest BCUT2D eigenvalue weighted by molar-refractivity contribution is 0.0729. The number of halogens is 1. The maximum absolute atomic E-state index is 12.7. The molecule has 0 aliphatic heterocycles. The zero-order chi connectivity index (χ0) is 21.3. The molecule has 0 saturated carbocycles. The fraction of sp³-hybridized carbons (Fsp3) is 0.200. The van der Waals surface area contributed by atoms with Gasteiger partial charge in [-0.15, -0.1) is 0 Å². The average molecular weight is 423 g/mol. The summed E-state index contributed by atoms with van der Waals surface area (Å²) in [7, 11) is 0. The van der Waals surface area contributed by atoms with E-state index in [2.05, 4.69) is 6.92 Å². The molecule has 4 nitrogen and oxygen atoms in total. The minimum Gasteiger partial charge on any atom is -0.423 e. The summed E-state index contributed by atoms with van der Waals surface area (Å²) in [5.41, 5.74) is 1.70. The number of benzene rings is 3. The molecule has 0 aliphatic carbocycles. The van der Waals surface area contributed by atoms with Crippen LogP contribution in [0, 0.1) is 0 Å². The summed E-state index contributed by atoms with van der Waals surface area (Å²) < 4.78 is 10.8. The molecule has 3 rings (SSSR count). The highest BCUT2D eigenvalue weighted by Crippen LogP contribution is 2.25. The van der Waals surface area contributed by atoms with Gasteiger partial charge in [0.2, 0.25) is 0 Å². The third-order valence-electron chi connectivity index (χ3n) is 4.61. The van der Waals surface area contributed by atoms with Crippen LogP contribution >= 0.6 is 11.6 Å². The van der Waals surface area contributed by atoms with E-state index >= 15 is 0 Å². The molecule has 5 heteroatoms. The number of para-hydroxylation sites is 1. The molecular formula is C25H23ClO4. The van der Waals surface area contributed by atoms with Crippen LogP contribution in [-0.4, -0.2) is 11.9 Å². The first-order valence-electron chi connectivity index (χ1n) is 9.95. The molecule has 0 amide bonds. The molecule has 0 spiro atoms. The van der Waals surface area contributed by atoms with Crippen LogP contribution in [0.1, 0.15) is 52.5 Å². The van der Waals surface area contributed by atoms with E-state index in [1.807, 2.05) is 24.3 Å². The Morgan fingerprint density at radius 2 is 1.43 bits per heavy atom. The largest absolute Gasteiger partial charge is 0.423 e. The van der Waals surface area contributed by atoms with Gasteiger partial charge in [0.1, 0.15) is 11.5 Å². The fourth-order valence-corrected chi connectivity index (χ4v) is 3.29. The van der Waals surface area contributed by atoms with Gasteiger partial charge >= 0.3 is 11.9 Å².